The van der Waals surface area contributed by atoms with E-state index in [0.29, 0.717) is 5.56 Å². The SMILES string of the molecule is C[C@@H](NC(=O)[C@@H](N)Cc1ccc(O)cc1)C(=O)NCC(=O)N[C@@H](Cc1ccccc1)C(=O)N[C@@H](Cc1ccc(O)cc1)C(N)=O. The third kappa shape index (κ3) is 11.3. The average molecular weight is 619 g/mol. The molecule has 0 saturated carbocycles. The summed E-state index contributed by atoms with van der Waals surface area (Å²) >= 11 is 0. The highest BCUT2D eigenvalue weighted by atomic mass is 16.3. The van der Waals surface area contributed by atoms with Crippen molar-refractivity contribution in [3.8, 4) is 11.5 Å². The zero-order valence-corrected chi connectivity index (χ0v) is 24.7. The smallest absolute Gasteiger partial charge is 0.243 e. The maximum absolute atomic E-state index is 13.3. The minimum absolute atomic E-state index is 0.0436. The number of benzene rings is 3. The summed E-state index contributed by atoms with van der Waals surface area (Å²) in [5, 5.41) is 29.0. The van der Waals surface area contributed by atoms with E-state index in [1.807, 2.05) is 0 Å². The molecule has 3 aromatic carbocycles. The van der Waals surface area contributed by atoms with Crippen molar-refractivity contribution in [1.29, 1.82) is 0 Å². The maximum atomic E-state index is 13.3. The van der Waals surface area contributed by atoms with Crippen LogP contribution in [0.1, 0.15) is 23.6 Å². The van der Waals surface area contributed by atoms with Crippen LogP contribution < -0.4 is 32.7 Å². The Labute approximate surface area is 260 Å². The highest BCUT2D eigenvalue weighted by Gasteiger charge is 2.27. The van der Waals surface area contributed by atoms with Gasteiger partial charge in [0, 0.05) is 12.8 Å². The molecular formula is C32H38N6O7. The summed E-state index contributed by atoms with van der Waals surface area (Å²) in [6, 6.07) is 17.0. The standard InChI is InChI=1S/C32H38N6O7/c1-19(36-31(44)25(33)15-21-7-11-23(39)12-8-21)30(43)35-18-28(41)37-27(17-20-5-3-2-4-6-20)32(45)38-26(29(34)42)16-22-9-13-24(40)14-10-22/h2-14,19,25-27,39-40H,15-18,33H2,1H3,(H2,34,42)(H,35,43)(H,36,44)(H,37,41)(H,38,45)/t19-,25+,26+,27+/m1/s1. The number of amides is 5. The van der Waals surface area contributed by atoms with Gasteiger partial charge in [0.25, 0.3) is 0 Å². The van der Waals surface area contributed by atoms with Crippen molar-refractivity contribution < 1.29 is 34.2 Å². The normalized spacial score (nSPS) is 13.4. The first-order valence-corrected chi connectivity index (χ1v) is 14.2. The molecule has 3 aromatic rings. The van der Waals surface area contributed by atoms with Gasteiger partial charge in [-0.05, 0) is 54.3 Å². The largest absolute Gasteiger partial charge is 0.508 e. The van der Waals surface area contributed by atoms with Crippen LogP contribution in [0.3, 0.4) is 0 Å². The predicted octanol–water partition coefficient (Wildman–Crippen LogP) is -0.471. The van der Waals surface area contributed by atoms with E-state index in [9.17, 15) is 34.2 Å². The first-order valence-electron chi connectivity index (χ1n) is 14.2. The molecule has 0 fully saturated rings. The predicted molar refractivity (Wildman–Crippen MR) is 165 cm³/mol. The molecular weight excluding hydrogens is 580 g/mol. The summed E-state index contributed by atoms with van der Waals surface area (Å²) in [5.74, 6) is -3.23. The van der Waals surface area contributed by atoms with E-state index in [1.54, 1.807) is 54.6 Å². The summed E-state index contributed by atoms with van der Waals surface area (Å²) in [5.41, 5.74) is 13.6. The molecule has 10 N–H and O–H groups in total. The van der Waals surface area contributed by atoms with Gasteiger partial charge in [-0.2, -0.15) is 0 Å². The summed E-state index contributed by atoms with van der Waals surface area (Å²) in [6.07, 6.45) is 0.327. The number of nitrogens with two attached hydrogens (primary N) is 2. The molecule has 0 bridgehead atoms. The van der Waals surface area contributed by atoms with E-state index >= 15 is 0 Å². The van der Waals surface area contributed by atoms with Crippen molar-refractivity contribution in [3.63, 3.8) is 0 Å². The third-order valence-corrected chi connectivity index (χ3v) is 6.87. The number of nitrogens with one attached hydrogen (secondary N) is 4. The van der Waals surface area contributed by atoms with Gasteiger partial charge in [-0.3, -0.25) is 24.0 Å². The van der Waals surface area contributed by atoms with Crippen LogP contribution in [-0.4, -0.2) is 70.5 Å². The lowest BCUT2D eigenvalue weighted by atomic mass is 10.0. The molecule has 5 amide bonds. The fraction of sp³-hybridized carbons (Fsp3) is 0.281. The van der Waals surface area contributed by atoms with E-state index in [-0.39, 0.29) is 30.8 Å². The van der Waals surface area contributed by atoms with Crippen molar-refractivity contribution in [2.75, 3.05) is 6.54 Å². The van der Waals surface area contributed by atoms with Gasteiger partial charge in [0.05, 0.1) is 12.6 Å². The van der Waals surface area contributed by atoms with Crippen molar-refractivity contribution in [2.24, 2.45) is 11.5 Å². The fourth-order valence-electron chi connectivity index (χ4n) is 4.35. The molecule has 45 heavy (non-hydrogen) atoms. The quantitative estimate of drug-likeness (QED) is 0.111. The van der Waals surface area contributed by atoms with Crippen LogP contribution in [0.25, 0.3) is 0 Å². The number of carbonyl (C=O) groups excluding carboxylic acids is 5. The van der Waals surface area contributed by atoms with E-state index in [0.717, 1.165) is 11.1 Å². The van der Waals surface area contributed by atoms with Crippen molar-refractivity contribution >= 4 is 29.5 Å². The molecule has 4 atom stereocenters. The van der Waals surface area contributed by atoms with Crippen LogP contribution in [0.4, 0.5) is 0 Å². The van der Waals surface area contributed by atoms with Gasteiger partial charge in [0.1, 0.15) is 29.6 Å². The molecule has 0 saturated heterocycles. The monoisotopic (exact) mass is 618 g/mol. The van der Waals surface area contributed by atoms with E-state index in [2.05, 4.69) is 21.3 Å². The second kappa shape index (κ2) is 16.4. The Morgan fingerprint density at radius 1 is 0.644 bits per heavy atom. The fourth-order valence-corrected chi connectivity index (χ4v) is 4.35. The molecule has 3 rings (SSSR count). The van der Waals surface area contributed by atoms with E-state index < -0.39 is 60.2 Å². The molecule has 0 aliphatic heterocycles. The van der Waals surface area contributed by atoms with Crippen LogP contribution in [0.2, 0.25) is 0 Å². The Kier molecular flexibility index (Phi) is 12.4. The number of hydrogen-bond acceptors (Lipinski definition) is 8. The lowest BCUT2D eigenvalue weighted by Gasteiger charge is -2.23. The Bertz CT molecular complexity index is 1470. The topological polar surface area (TPSA) is 226 Å². The summed E-state index contributed by atoms with van der Waals surface area (Å²) in [6.45, 7) is 0.937. The van der Waals surface area contributed by atoms with Crippen molar-refractivity contribution in [3.05, 3.63) is 95.6 Å². The molecule has 0 aromatic heterocycles. The third-order valence-electron chi connectivity index (χ3n) is 6.87. The summed E-state index contributed by atoms with van der Waals surface area (Å²) < 4.78 is 0. The number of phenolic OH excluding ortho intramolecular Hbond substituents is 2. The number of hydrogen-bond donors (Lipinski definition) is 8. The van der Waals surface area contributed by atoms with Gasteiger partial charge in [-0.15, -0.1) is 0 Å². The second-order valence-corrected chi connectivity index (χ2v) is 10.6. The molecule has 0 aliphatic carbocycles. The molecule has 13 heteroatoms. The molecule has 0 aliphatic rings. The molecule has 238 valence electrons. The zero-order valence-electron chi connectivity index (χ0n) is 24.7. The Hall–Kier alpha value is -5.43. The molecule has 0 radical (unpaired) electrons. The average Bonchev–Trinajstić information content (AvgIpc) is 3.01. The van der Waals surface area contributed by atoms with Crippen LogP contribution in [0.15, 0.2) is 78.9 Å². The Morgan fingerprint density at radius 3 is 1.71 bits per heavy atom. The van der Waals surface area contributed by atoms with E-state index in [4.69, 9.17) is 11.5 Å². The number of phenols is 2. The van der Waals surface area contributed by atoms with Gasteiger partial charge >= 0.3 is 0 Å². The Morgan fingerprint density at radius 2 is 1.16 bits per heavy atom. The lowest BCUT2D eigenvalue weighted by Crippen LogP contribution is -2.56. The van der Waals surface area contributed by atoms with Gasteiger partial charge in [0.15, 0.2) is 0 Å². The first-order chi connectivity index (χ1) is 21.4. The number of aromatic hydroxyl groups is 2. The summed E-state index contributed by atoms with van der Waals surface area (Å²) in [4.78, 5) is 63.4. The minimum atomic E-state index is -1.12. The maximum Gasteiger partial charge on any atom is 0.243 e. The lowest BCUT2D eigenvalue weighted by molar-refractivity contribution is -0.132. The van der Waals surface area contributed by atoms with Gasteiger partial charge < -0.3 is 42.9 Å². The van der Waals surface area contributed by atoms with Gasteiger partial charge in [-0.1, -0.05) is 54.6 Å². The minimum Gasteiger partial charge on any atom is -0.508 e. The summed E-state index contributed by atoms with van der Waals surface area (Å²) in [7, 11) is 0. The molecule has 13 nitrogen and oxygen atoms in total. The number of carbonyl (C=O) groups is 5. The first kappa shape index (κ1) is 34.1. The Balaban J connectivity index is 1.57. The highest BCUT2D eigenvalue weighted by Crippen LogP contribution is 2.13. The molecule has 0 spiro atoms. The van der Waals surface area contributed by atoms with Crippen molar-refractivity contribution in [2.45, 2.75) is 50.4 Å². The van der Waals surface area contributed by atoms with Crippen LogP contribution in [-0.2, 0) is 43.2 Å². The second-order valence-electron chi connectivity index (χ2n) is 10.6. The van der Waals surface area contributed by atoms with Crippen molar-refractivity contribution in [1.82, 2.24) is 21.3 Å². The van der Waals surface area contributed by atoms with Gasteiger partial charge in [-0.25, -0.2) is 0 Å². The van der Waals surface area contributed by atoms with Crippen LogP contribution in [0, 0.1) is 0 Å². The zero-order chi connectivity index (χ0) is 32.9. The number of primary amides is 1. The molecule has 0 unspecified atom stereocenters. The molecule has 0 heterocycles. The van der Waals surface area contributed by atoms with Gasteiger partial charge in [0.2, 0.25) is 29.5 Å². The number of rotatable bonds is 15. The highest BCUT2D eigenvalue weighted by molar-refractivity contribution is 5.94. The van der Waals surface area contributed by atoms with Crippen LogP contribution >= 0.6 is 0 Å². The van der Waals surface area contributed by atoms with Crippen LogP contribution in [0.5, 0.6) is 11.5 Å². The van der Waals surface area contributed by atoms with E-state index in [1.165, 1.54) is 31.2 Å².